The number of likely N-dealkylation sites (N-methyl/N-ethyl adjacent to an activating group) is 1. The first-order valence-corrected chi connectivity index (χ1v) is 17.0. The summed E-state index contributed by atoms with van der Waals surface area (Å²) in [6.07, 6.45) is 4.39. The lowest BCUT2D eigenvalue weighted by atomic mass is 10.1. The molecule has 0 atom stereocenters. The molecule has 0 radical (unpaired) electrons. The Balaban J connectivity index is 1.31. The summed E-state index contributed by atoms with van der Waals surface area (Å²) < 4.78 is 33.1. The minimum absolute atomic E-state index is 0.0454. The molecule has 14 heteroatoms. The molecular weight excluding hydrogens is 608 g/mol. The number of benzene rings is 2. The zero-order valence-electron chi connectivity index (χ0n) is 26.9. The van der Waals surface area contributed by atoms with E-state index in [1.54, 1.807) is 23.2 Å². The van der Waals surface area contributed by atoms with E-state index in [1.165, 1.54) is 24.2 Å². The predicted octanol–water partition coefficient (Wildman–Crippen LogP) is 2.55. The highest BCUT2D eigenvalue weighted by Gasteiger charge is 2.28. The maximum atomic E-state index is 13.6. The molecule has 1 aliphatic heterocycles. The van der Waals surface area contributed by atoms with E-state index in [0.29, 0.717) is 58.1 Å². The van der Waals surface area contributed by atoms with Crippen LogP contribution in [0.5, 0.6) is 5.75 Å². The molecule has 0 aliphatic carbocycles. The number of nitrogens with zero attached hydrogens (tertiary/aromatic N) is 8. The third-order valence-electron chi connectivity index (χ3n) is 7.87. The Labute approximate surface area is 269 Å². The van der Waals surface area contributed by atoms with Crippen LogP contribution < -0.4 is 14.5 Å². The maximum absolute atomic E-state index is 13.6. The summed E-state index contributed by atoms with van der Waals surface area (Å²) in [6.45, 7) is 7.23. The van der Waals surface area contributed by atoms with Crippen LogP contribution in [0.3, 0.4) is 0 Å². The SMILES string of the molecule is CCOc1cccc(Cn2ncc3c(N4CCN(C(=O)c5ccc(N(CCN(C)C)C(C)=O)c(S(C)(=O)=O)c5)CC4)ncnc32)c1. The number of sulfone groups is 1. The molecule has 1 fully saturated rings. The van der Waals surface area contributed by atoms with Gasteiger partial charge in [0, 0.05) is 58.0 Å². The first-order chi connectivity index (χ1) is 22.0. The van der Waals surface area contributed by atoms with E-state index >= 15 is 0 Å². The highest BCUT2D eigenvalue weighted by molar-refractivity contribution is 7.90. The molecule has 5 rings (SSSR count). The van der Waals surface area contributed by atoms with Gasteiger partial charge in [-0.25, -0.2) is 23.1 Å². The van der Waals surface area contributed by atoms with Crippen molar-refractivity contribution in [2.45, 2.75) is 25.3 Å². The molecule has 0 bridgehead atoms. The van der Waals surface area contributed by atoms with Crippen molar-refractivity contribution in [3.63, 3.8) is 0 Å². The summed E-state index contributed by atoms with van der Waals surface area (Å²) in [7, 11) is 0.0140. The van der Waals surface area contributed by atoms with Gasteiger partial charge in [0.1, 0.15) is 17.9 Å². The number of ether oxygens (including phenoxy) is 1. The van der Waals surface area contributed by atoms with Crippen molar-refractivity contribution in [1.29, 1.82) is 0 Å². The van der Waals surface area contributed by atoms with Gasteiger partial charge in [-0.3, -0.25) is 9.59 Å². The van der Waals surface area contributed by atoms with Crippen LogP contribution in [0.25, 0.3) is 11.0 Å². The van der Waals surface area contributed by atoms with E-state index in [2.05, 4.69) is 20.0 Å². The van der Waals surface area contributed by atoms with E-state index in [1.807, 2.05) is 54.9 Å². The highest BCUT2D eigenvalue weighted by Crippen LogP contribution is 2.29. The second-order valence-electron chi connectivity index (χ2n) is 11.5. The Kier molecular flexibility index (Phi) is 9.87. The molecule has 3 heterocycles. The third kappa shape index (κ3) is 7.29. The number of hydrogen-bond donors (Lipinski definition) is 0. The number of amides is 2. The van der Waals surface area contributed by atoms with Crippen LogP contribution >= 0.6 is 0 Å². The molecule has 13 nitrogen and oxygen atoms in total. The van der Waals surface area contributed by atoms with Gasteiger partial charge < -0.3 is 24.3 Å². The molecule has 1 saturated heterocycles. The monoisotopic (exact) mass is 648 g/mol. The number of carbonyl (C=O) groups excluding carboxylic acids is 2. The van der Waals surface area contributed by atoms with Crippen molar-refractivity contribution >= 4 is 44.2 Å². The first-order valence-electron chi connectivity index (χ1n) is 15.2. The molecule has 0 unspecified atom stereocenters. The average molecular weight is 649 g/mol. The zero-order valence-corrected chi connectivity index (χ0v) is 27.7. The predicted molar refractivity (Wildman–Crippen MR) is 176 cm³/mol. The van der Waals surface area contributed by atoms with Gasteiger partial charge in [0.05, 0.1) is 35.3 Å². The number of piperazine rings is 1. The number of hydrogen-bond acceptors (Lipinski definition) is 10. The smallest absolute Gasteiger partial charge is 0.254 e. The normalized spacial score (nSPS) is 13.8. The van der Waals surface area contributed by atoms with Crippen molar-refractivity contribution < 1.29 is 22.7 Å². The van der Waals surface area contributed by atoms with Gasteiger partial charge in [-0.15, -0.1) is 0 Å². The third-order valence-corrected chi connectivity index (χ3v) is 8.99. The van der Waals surface area contributed by atoms with Crippen LogP contribution in [0, 0.1) is 0 Å². The van der Waals surface area contributed by atoms with Crippen molar-refractivity contribution in [2.75, 3.05) is 76.0 Å². The standard InChI is InChI=1S/C32H40N8O5S/c1-6-45-26-9-7-8-24(18-26)21-40-31-27(20-35-40)30(33-22-34-31)37-13-15-38(16-14-37)32(42)25-10-11-28(29(19-25)46(5,43)44)39(23(2)41)17-12-36(3)4/h7-11,18-20,22H,6,12-17,21H2,1-5H3. The number of rotatable bonds is 11. The largest absolute Gasteiger partial charge is 0.494 e. The second kappa shape index (κ2) is 13.8. The molecular formula is C32H40N8O5S. The van der Waals surface area contributed by atoms with Gasteiger partial charge in [-0.2, -0.15) is 5.10 Å². The molecule has 2 aromatic heterocycles. The quantitative estimate of drug-likeness (QED) is 0.239. The van der Waals surface area contributed by atoms with Crippen molar-refractivity contribution in [3.8, 4) is 5.75 Å². The number of fused-ring (bicyclic) bond motifs is 1. The Morgan fingerprint density at radius 3 is 2.43 bits per heavy atom. The van der Waals surface area contributed by atoms with Gasteiger partial charge in [0.25, 0.3) is 5.91 Å². The fraction of sp³-hybridized carbons (Fsp3) is 0.406. The van der Waals surface area contributed by atoms with Gasteiger partial charge >= 0.3 is 0 Å². The zero-order chi connectivity index (χ0) is 33.0. The fourth-order valence-corrected chi connectivity index (χ4v) is 6.44. The second-order valence-corrected chi connectivity index (χ2v) is 13.5. The molecule has 1 aliphatic rings. The van der Waals surface area contributed by atoms with Gasteiger partial charge in [0.2, 0.25) is 5.91 Å². The van der Waals surface area contributed by atoms with Crippen molar-refractivity contribution in [1.82, 2.24) is 29.5 Å². The summed E-state index contributed by atoms with van der Waals surface area (Å²) in [5, 5.41) is 5.41. The molecule has 46 heavy (non-hydrogen) atoms. The van der Waals surface area contributed by atoms with E-state index in [0.717, 1.165) is 28.8 Å². The molecule has 2 amide bonds. The lowest BCUT2D eigenvalue weighted by molar-refractivity contribution is -0.116. The van der Waals surface area contributed by atoms with E-state index in [9.17, 15) is 18.0 Å². The van der Waals surface area contributed by atoms with E-state index in [4.69, 9.17) is 4.74 Å². The first kappa shape index (κ1) is 32.8. The van der Waals surface area contributed by atoms with Gasteiger partial charge in [-0.1, -0.05) is 12.1 Å². The molecule has 2 aromatic carbocycles. The van der Waals surface area contributed by atoms with Crippen LogP contribution in [0.15, 0.2) is 59.9 Å². The van der Waals surface area contributed by atoms with Crippen LogP contribution in [-0.4, -0.2) is 116 Å². The summed E-state index contributed by atoms with van der Waals surface area (Å²) in [5.74, 6) is 1.01. The van der Waals surface area contributed by atoms with Crippen molar-refractivity contribution in [3.05, 3.63) is 66.1 Å². The average Bonchev–Trinajstić information content (AvgIpc) is 3.43. The number of carbonyl (C=O) groups is 2. The van der Waals surface area contributed by atoms with E-state index in [-0.39, 0.29) is 28.0 Å². The minimum atomic E-state index is -3.74. The lowest BCUT2D eigenvalue weighted by Gasteiger charge is -2.35. The Hall–Kier alpha value is -4.56. The molecule has 244 valence electrons. The van der Waals surface area contributed by atoms with Gasteiger partial charge in [0.15, 0.2) is 15.5 Å². The Bertz CT molecular complexity index is 1830. The number of anilines is 2. The molecule has 0 saturated carbocycles. The minimum Gasteiger partial charge on any atom is -0.494 e. The Morgan fingerprint density at radius 2 is 1.76 bits per heavy atom. The van der Waals surface area contributed by atoms with E-state index < -0.39 is 9.84 Å². The van der Waals surface area contributed by atoms with Crippen LogP contribution in [-0.2, 0) is 21.2 Å². The van der Waals surface area contributed by atoms with Crippen LogP contribution in [0.2, 0.25) is 0 Å². The lowest BCUT2D eigenvalue weighted by Crippen LogP contribution is -2.49. The van der Waals surface area contributed by atoms with Crippen LogP contribution in [0.1, 0.15) is 29.8 Å². The molecule has 0 N–H and O–H groups in total. The maximum Gasteiger partial charge on any atom is 0.254 e. The summed E-state index contributed by atoms with van der Waals surface area (Å²) in [5.41, 5.74) is 2.28. The topological polar surface area (TPSA) is 134 Å². The highest BCUT2D eigenvalue weighted by atomic mass is 32.2. The molecule has 4 aromatic rings. The van der Waals surface area contributed by atoms with Gasteiger partial charge in [-0.05, 0) is 56.9 Å². The summed E-state index contributed by atoms with van der Waals surface area (Å²) in [6, 6.07) is 12.4. The fourth-order valence-electron chi connectivity index (χ4n) is 5.54. The van der Waals surface area contributed by atoms with Crippen molar-refractivity contribution in [2.24, 2.45) is 0 Å². The Morgan fingerprint density at radius 1 is 1.00 bits per heavy atom. The molecule has 0 spiro atoms. The number of aromatic nitrogens is 4. The summed E-state index contributed by atoms with van der Waals surface area (Å²) >= 11 is 0. The van der Waals surface area contributed by atoms with Crippen LogP contribution in [0.4, 0.5) is 11.5 Å². The summed E-state index contributed by atoms with van der Waals surface area (Å²) in [4.78, 5) is 42.2.